The van der Waals surface area contributed by atoms with Gasteiger partial charge in [-0.25, -0.2) is 8.42 Å². The molecule has 3 heterocycles. The molecule has 0 spiro atoms. The van der Waals surface area contributed by atoms with Crippen LogP contribution in [0.1, 0.15) is 44.9 Å². The number of hydrogen-bond acceptors (Lipinski definition) is 5. The Morgan fingerprint density at radius 1 is 1.11 bits per heavy atom. The topological polar surface area (TPSA) is 69.7 Å². The summed E-state index contributed by atoms with van der Waals surface area (Å²) in [6, 6.07) is 3.42. The van der Waals surface area contributed by atoms with Crippen LogP contribution >= 0.6 is 11.3 Å². The van der Waals surface area contributed by atoms with Crippen molar-refractivity contribution < 1.29 is 13.2 Å². The summed E-state index contributed by atoms with van der Waals surface area (Å²) in [7, 11) is -3.35. The lowest BCUT2D eigenvalue weighted by Crippen LogP contribution is -2.40. The molecular weight excluding hydrogens is 382 g/mol. The van der Waals surface area contributed by atoms with E-state index in [4.69, 9.17) is 0 Å². The van der Waals surface area contributed by atoms with Crippen LogP contribution in [0.3, 0.4) is 0 Å². The van der Waals surface area contributed by atoms with Crippen molar-refractivity contribution in [3.05, 3.63) is 17.5 Å². The lowest BCUT2D eigenvalue weighted by atomic mass is 9.94. The second-order valence-electron chi connectivity index (χ2n) is 7.59. The fourth-order valence-corrected chi connectivity index (χ4v) is 6.55. The maximum Gasteiger partial charge on any atom is 0.252 e. The zero-order chi connectivity index (χ0) is 19.1. The minimum absolute atomic E-state index is 0.101. The number of carbonyl (C=O) groups is 1. The second kappa shape index (κ2) is 10.0. The predicted molar refractivity (Wildman–Crippen MR) is 108 cm³/mol. The van der Waals surface area contributed by atoms with E-state index in [9.17, 15) is 13.2 Å². The van der Waals surface area contributed by atoms with Gasteiger partial charge in [-0.15, -0.1) is 11.3 Å². The zero-order valence-electron chi connectivity index (χ0n) is 15.9. The van der Waals surface area contributed by atoms with E-state index in [0.29, 0.717) is 30.3 Å². The first-order valence-corrected chi connectivity index (χ1v) is 12.4. The Balaban J connectivity index is 1.35. The highest BCUT2D eigenvalue weighted by molar-refractivity contribution is 7.91. The van der Waals surface area contributed by atoms with Gasteiger partial charge in [0, 0.05) is 32.6 Å². The number of nitrogens with zero attached hydrogens (tertiary/aromatic N) is 2. The highest BCUT2D eigenvalue weighted by Crippen LogP contribution is 2.27. The van der Waals surface area contributed by atoms with Crippen LogP contribution in [0.5, 0.6) is 0 Å². The summed E-state index contributed by atoms with van der Waals surface area (Å²) in [5.41, 5.74) is 0. The Morgan fingerprint density at radius 3 is 2.44 bits per heavy atom. The number of likely N-dealkylation sites (tertiary alicyclic amines) is 1. The molecule has 0 aliphatic carbocycles. The molecule has 2 saturated heterocycles. The molecule has 1 aromatic rings. The molecule has 0 unspecified atom stereocenters. The third-order valence-electron chi connectivity index (χ3n) is 5.59. The Bertz CT molecular complexity index is 675. The van der Waals surface area contributed by atoms with Crippen LogP contribution in [0.4, 0.5) is 0 Å². The van der Waals surface area contributed by atoms with E-state index < -0.39 is 10.0 Å². The Labute approximate surface area is 167 Å². The molecule has 1 aromatic heterocycles. The van der Waals surface area contributed by atoms with Gasteiger partial charge in [0.15, 0.2) is 0 Å². The second-order valence-corrected chi connectivity index (χ2v) is 10.7. The van der Waals surface area contributed by atoms with Crippen molar-refractivity contribution in [3.8, 4) is 0 Å². The molecule has 152 valence electrons. The third kappa shape index (κ3) is 6.01. The molecule has 0 atom stereocenters. The molecule has 2 aliphatic rings. The van der Waals surface area contributed by atoms with Crippen molar-refractivity contribution in [1.29, 1.82) is 0 Å². The van der Waals surface area contributed by atoms with Crippen LogP contribution < -0.4 is 5.32 Å². The predicted octanol–water partition coefficient (Wildman–Crippen LogP) is 2.53. The minimum Gasteiger partial charge on any atom is -0.355 e. The SMILES string of the molecule is O=C(CC1CCN(S(=O)(=O)c2cccs2)CC1)NCCN1CCCCCC1. The fourth-order valence-electron chi connectivity index (χ4n) is 3.94. The third-order valence-corrected chi connectivity index (χ3v) is 8.86. The smallest absolute Gasteiger partial charge is 0.252 e. The number of rotatable bonds is 7. The molecule has 1 amide bonds. The van der Waals surface area contributed by atoms with Gasteiger partial charge in [-0.2, -0.15) is 4.31 Å². The molecule has 6 nitrogen and oxygen atoms in total. The quantitative estimate of drug-likeness (QED) is 0.746. The van der Waals surface area contributed by atoms with Gasteiger partial charge < -0.3 is 10.2 Å². The van der Waals surface area contributed by atoms with Gasteiger partial charge in [-0.3, -0.25) is 4.79 Å². The van der Waals surface area contributed by atoms with Crippen LogP contribution in [0, 0.1) is 5.92 Å². The van der Waals surface area contributed by atoms with Crippen molar-refractivity contribution in [2.45, 2.75) is 49.2 Å². The maximum atomic E-state index is 12.5. The summed E-state index contributed by atoms with van der Waals surface area (Å²) in [6.07, 6.45) is 7.19. The summed E-state index contributed by atoms with van der Waals surface area (Å²) in [5.74, 6) is 0.377. The van der Waals surface area contributed by atoms with E-state index in [1.54, 1.807) is 21.8 Å². The lowest BCUT2D eigenvalue weighted by molar-refractivity contribution is -0.122. The Kier molecular flexibility index (Phi) is 7.69. The molecule has 2 aliphatic heterocycles. The first kappa shape index (κ1) is 20.8. The number of amides is 1. The van der Waals surface area contributed by atoms with Crippen LogP contribution in [0.15, 0.2) is 21.7 Å². The van der Waals surface area contributed by atoms with E-state index in [1.807, 2.05) is 0 Å². The van der Waals surface area contributed by atoms with Crippen molar-refractivity contribution in [3.63, 3.8) is 0 Å². The van der Waals surface area contributed by atoms with Gasteiger partial charge in [-0.1, -0.05) is 18.9 Å². The van der Waals surface area contributed by atoms with Gasteiger partial charge in [-0.05, 0) is 56.1 Å². The number of hydrogen-bond donors (Lipinski definition) is 1. The van der Waals surface area contributed by atoms with Gasteiger partial charge in [0.05, 0.1) is 0 Å². The molecule has 0 bridgehead atoms. The Morgan fingerprint density at radius 2 is 1.81 bits per heavy atom. The van der Waals surface area contributed by atoms with Gasteiger partial charge in [0.25, 0.3) is 10.0 Å². The molecule has 0 radical (unpaired) electrons. The minimum atomic E-state index is -3.35. The van der Waals surface area contributed by atoms with Crippen LogP contribution in [0.2, 0.25) is 0 Å². The number of nitrogens with one attached hydrogen (secondary N) is 1. The van der Waals surface area contributed by atoms with Crippen molar-refractivity contribution >= 4 is 27.3 Å². The van der Waals surface area contributed by atoms with Crippen LogP contribution in [0.25, 0.3) is 0 Å². The summed E-state index contributed by atoms with van der Waals surface area (Å²) in [5, 5.41) is 4.84. The van der Waals surface area contributed by atoms with Gasteiger partial charge in [0.2, 0.25) is 5.91 Å². The van der Waals surface area contributed by atoms with E-state index in [2.05, 4.69) is 10.2 Å². The summed E-state index contributed by atoms with van der Waals surface area (Å²) in [6.45, 7) is 4.95. The Hall–Kier alpha value is -0.960. The standard InChI is InChI=1S/C19H31N3O3S2/c23-18(20-9-14-21-10-3-1-2-4-11-21)16-17-7-12-22(13-8-17)27(24,25)19-6-5-15-26-19/h5-6,15,17H,1-4,7-14,16H2,(H,20,23). The number of sulfonamides is 1. The van der Waals surface area contributed by atoms with E-state index in [1.165, 1.54) is 37.0 Å². The summed E-state index contributed by atoms with van der Waals surface area (Å²) in [4.78, 5) is 14.7. The first-order valence-electron chi connectivity index (χ1n) is 10.1. The monoisotopic (exact) mass is 413 g/mol. The largest absolute Gasteiger partial charge is 0.355 e. The lowest BCUT2D eigenvalue weighted by Gasteiger charge is -2.30. The molecule has 0 aromatic carbocycles. The number of piperidine rings is 1. The fraction of sp³-hybridized carbons (Fsp3) is 0.737. The van der Waals surface area contributed by atoms with Crippen molar-refractivity contribution in [2.75, 3.05) is 39.3 Å². The van der Waals surface area contributed by atoms with E-state index in [0.717, 1.165) is 32.5 Å². The summed E-state index contributed by atoms with van der Waals surface area (Å²) >= 11 is 1.26. The van der Waals surface area contributed by atoms with Crippen molar-refractivity contribution in [2.24, 2.45) is 5.92 Å². The zero-order valence-corrected chi connectivity index (χ0v) is 17.6. The molecule has 8 heteroatoms. The number of carbonyl (C=O) groups excluding carboxylic acids is 1. The highest BCUT2D eigenvalue weighted by atomic mass is 32.2. The average Bonchev–Trinajstić information content (AvgIpc) is 3.09. The molecule has 3 rings (SSSR count). The van der Waals surface area contributed by atoms with Crippen LogP contribution in [-0.4, -0.2) is 62.8 Å². The number of thiophene rings is 1. The molecule has 2 fully saturated rings. The first-order chi connectivity index (χ1) is 13.1. The molecule has 0 saturated carbocycles. The van der Waals surface area contributed by atoms with Gasteiger partial charge in [0.1, 0.15) is 4.21 Å². The molecule has 1 N–H and O–H groups in total. The molecule has 27 heavy (non-hydrogen) atoms. The molecular formula is C19H31N3O3S2. The maximum absolute atomic E-state index is 12.5. The van der Waals surface area contributed by atoms with Gasteiger partial charge >= 0.3 is 0 Å². The van der Waals surface area contributed by atoms with Crippen LogP contribution in [-0.2, 0) is 14.8 Å². The van der Waals surface area contributed by atoms with Crippen molar-refractivity contribution in [1.82, 2.24) is 14.5 Å². The normalized spacial score (nSPS) is 21.0. The summed E-state index contributed by atoms with van der Waals surface area (Å²) < 4.78 is 27.1. The van der Waals surface area contributed by atoms with E-state index in [-0.39, 0.29) is 11.8 Å². The van der Waals surface area contributed by atoms with E-state index >= 15 is 0 Å². The average molecular weight is 414 g/mol. The highest BCUT2D eigenvalue weighted by Gasteiger charge is 2.30.